The molecule has 174 valence electrons. The number of hydrogen-bond donors (Lipinski definition) is 0. The van der Waals surface area contributed by atoms with Crippen molar-refractivity contribution in [2.24, 2.45) is 4.99 Å². The van der Waals surface area contributed by atoms with Gasteiger partial charge in [0.1, 0.15) is 16.9 Å². The molecule has 0 radical (unpaired) electrons. The van der Waals surface area contributed by atoms with Crippen LogP contribution in [0.25, 0.3) is 5.00 Å². The van der Waals surface area contributed by atoms with E-state index >= 15 is 0 Å². The van der Waals surface area contributed by atoms with E-state index in [0.29, 0.717) is 27.4 Å². The van der Waals surface area contributed by atoms with Crippen LogP contribution in [-0.2, 0) is 19.2 Å². The molecule has 0 unspecified atom stereocenters. The molecule has 11 heteroatoms. The largest absolute Gasteiger partial charge is 0.335 e. The average Bonchev–Trinajstić information content (AvgIpc) is 3.40. The highest BCUT2D eigenvalue weighted by Gasteiger charge is 2.36. The fourth-order valence-corrected chi connectivity index (χ4v) is 5.43. The molecule has 1 saturated heterocycles. The predicted octanol–water partition coefficient (Wildman–Crippen LogP) is 3.80. The zero-order valence-electron chi connectivity index (χ0n) is 18.7. The molecule has 2 aliphatic heterocycles. The molecule has 0 bridgehead atoms. The Morgan fingerprint density at radius 2 is 1.79 bits per heavy atom. The van der Waals surface area contributed by atoms with E-state index in [2.05, 4.69) is 10.2 Å². The highest BCUT2D eigenvalue weighted by atomic mass is 35.5. The van der Waals surface area contributed by atoms with Gasteiger partial charge in [-0.05, 0) is 38.5 Å². The Labute approximate surface area is 204 Å². The van der Waals surface area contributed by atoms with Crippen LogP contribution in [-0.4, -0.2) is 43.3 Å². The Morgan fingerprint density at radius 3 is 2.47 bits per heavy atom. The lowest BCUT2D eigenvalue weighted by molar-refractivity contribution is -0.197. The second-order valence-electron chi connectivity index (χ2n) is 8.15. The Bertz CT molecular complexity index is 1360. The molecule has 0 N–H and O–H groups in total. The van der Waals surface area contributed by atoms with Crippen molar-refractivity contribution in [2.45, 2.75) is 46.1 Å². The van der Waals surface area contributed by atoms with Crippen LogP contribution < -0.4 is 0 Å². The van der Waals surface area contributed by atoms with E-state index in [9.17, 15) is 14.4 Å². The van der Waals surface area contributed by atoms with Crippen LogP contribution in [0.4, 0.5) is 0 Å². The number of nitrogens with zero attached hydrogens (tertiary/aromatic N) is 5. The predicted molar refractivity (Wildman–Crippen MR) is 125 cm³/mol. The van der Waals surface area contributed by atoms with E-state index in [-0.39, 0.29) is 19.3 Å². The Balaban J connectivity index is 1.61. The number of thiophene rings is 1. The summed E-state index contributed by atoms with van der Waals surface area (Å²) in [7, 11) is 0. The van der Waals surface area contributed by atoms with Crippen molar-refractivity contribution in [2.75, 3.05) is 0 Å². The van der Waals surface area contributed by atoms with Crippen molar-refractivity contribution < 1.29 is 19.2 Å². The normalized spacial score (nSPS) is 17.4. The number of imide groups is 1. The molecule has 34 heavy (non-hydrogen) atoms. The van der Waals surface area contributed by atoms with Crippen molar-refractivity contribution in [3.8, 4) is 5.00 Å². The van der Waals surface area contributed by atoms with Crippen LogP contribution in [0.15, 0.2) is 29.3 Å². The highest BCUT2D eigenvalue weighted by molar-refractivity contribution is 7.15. The van der Waals surface area contributed by atoms with Crippen molar-refractivity contribution in [3.05, 3.63) is 62.5 Å². The zero-order chi connectivity index (χ0) is 24.1. The highest BCUT2D eigenvalue weighted by Crippen LogP contribution is 2.39. The molecular weight excluding hydrogens is 478 g/mol. The smallest absolute Gasteiger partial charge is 0.330 e. The molecule has 0 aliphatic carbocycles. The third-order valence-electron chi connectivity index (χ3n) is 5.92. The van der Waals surface area contributed by atoms with E-state index in [4.69, 9.17) is 21.4 Å². The minimum atomic E-state index is -0.752. The first-order valence-corrected chi connectivity index (χ1v) is 11.9. The maximum atomic E-state index is 12.8. The number of amides is 2. The summed E-state index contributed by atoms with van der Waals surface area (Å²) in [6, 6.07) is 6.60. The van der Waals surface area contributed by atoms with Crippen molar-refractivity contribution in [1.29, 1.82) is 0 Å². The first-order chi connectivity index (χ1) is 16.2. The monoisotopic (exact) mass is 497 g/mol. The van der Waals surface area contributed by atoms with Crippen molar-refractivity contribution in [3.63, 3.8) is 0 Å². The Hall–Kier alpha value is -3.37. The van der Waals surface area contributed by atoms with Gasteiger partial charge < -0.3 is 4.84 Å². The number of rotatable bonds is 4. The van der Waals surface area contributed by atoms with Crippen LogP contribution in [0.5, 0.6) is 0 Å². The summed E-state index contributed by atoms with van der Waals surface area (Å²) in [5.74, 6) is -0.666. The van der Waals surface area contributed by atoms with Gasteiger partial charge in [-0.3, -0.25) is 19.1 Å². The summed E-state index contributed by atoms with van der Waals surface area (Å²) in [6.07, 6.45) is -0.166. The number of fused-ring (bicyclic) bond motifs is 3. The van der Waals surface area contributed by atoms with Gasteiger partial charge in [-0.15, -0.1) is 26.6 Å². The number of aliphatic imine (C=N–C) groups is 1. The van der Waals surface area contributed by atoms with Gasteiger partial charge in [-0.1, -0.05) is 23.7 Å². The molecule has 0 spiro atoms. The molecular formula is C23H20ClN5O4S. The van der Waals surface area contributed by atoms with Gasteiger partial charge >= 0.3 is 5.97 Å². The number of aromatic nitrogens is 3. The number of carbonyl (C=O) groups is 3. The van der Waals surface area contributed by atoms with Crippen LogP contribution in [0, 0.1) is 20.8 Å². The molecule has 1 fully saturated rings. The van der Waals surface area contributed by atoms with Gasteiger partial charge in [0, 0.05) is 33.9 Å². The maximum absolute atomic E-state index is 12.8. The molecule has 4 heterocycles. The molecule has 1 atom stereocenters. The van der Waals surface area contributed by atoms with E-state index in [1.807, 2.05) is 37.5 Å². The number of carbonyl (C=O) groups excluding carboxylic acids is 3. The molecule has 3 aromatic rings. The van der Waals surface area contributed by atoms with Gasteiger partial charge in [-0.2, -0.15) is 0 Å². The van der Waals surface area contributed by atoms with Crippen molar-refractivity contribution >= 4 is 46.4 Å². The Morgan fingerprint density at radius 1 is 1.12 bits per heavy atom. The molecule has 2 aromatic heterocycles. The average molecular weight is 498 g/mol. The van der Waals surface area contributed by atoms with E-state index < -0.39 is 23.8 Å². The first kappa shape index (κ1) is 22.4. The molecule has 0 saturated carbocycles. The maximum Gasteiger partial charge on any atom is 0.335 e. The SMILES string of the molecule is Cc1sc2c(c1C)C(c1ccc(Cl)cc1)=N[C@@H](CC(=O)ON1C(=O)CCC1=O)c1nnc(C)n1-2. The summed E-state index contributed by atoms with van der Waals surface area (Å²) in [5, 5.41) is 10.6. The standard InChI is InChI=1S/C23H20ClN5O4S/c1-11-12(2)34-23-20(11)21(14-4-6-15(24)7-5-14)25-16(22-27-26-13(3)28(22)23)10-19(32)33-29-17(30)8-9-18(29)31/h4-7,16H,8-10H2,1-3H3/t16-/m0/s1. The quantitative estimate of drug-likeness (QED) is 0.507. The Kier molecular flexibility index (Phi) is 5.57. The second kappa shape index (κ2) is 8.44. The van der Waals surface area contributed by atoms with Crippen LogP contribution in [0.3, 0.4) is 0 Å². The molecule has 5 rings (SSSR count). The second-order valence-corrected chi connectivity index (χ2v) is 9.79. The van der Waals surface area contributed by atoms with E-state index in [0.717, 1.165) is 26.6 Å². The zero-order valence-corrected chi connectivity index (χ0v) is 20.2. The number of halogens is 1. The lowest BCUT2D eigenvalue weighted by Gasteiger charge is -2.15. The number of aryl methyl sites for hydroxylation is 2. The van der Waals surface area contributed by atoms with Gasteiger partial charge in [0.25, 0.3) is 11.8 Å². The van der Waals surface area contributed by atoms with E-state index in [1.54, 1.807) is 23.5 Å². The fraction of sp³-hybridized carbons (Fsp3) is 0.304. The van der Waals surface area contributed by atoms with Crippen molar-refractivity contribution in [1.82, 2.24) is 19.8 Å². The van der Waals surface area contributed by atoms with Crippen LogP contribution in [0.2, 0.25) is 5.02 Å². The number of benzene rings is 1. The van der Waals surface area contributed by atoms with E-state index in [1.165, 1.54) is 0 Å². The molecule has 2 amide bonds. The van der Waals surface area contributed by atoms with Crippen LogP contribution in [0.1, 0.15) is 58.5 Å². The number of hydrogen-bond acceptors (Lipinski definition) is 8. The van der Waals surface area contributed by atoms with Gasteiger partial charge in [0.15, 0.2) is 5.82 Å². The van der Waals surface area contributed by atoms with Gasteiger partial charge in [0.05, 0.1) is 12.1 Å². The molecule has 9 nitrogen and oxygen atoms in total. The fourth-order valence-electron chi connectivity index (χ4n) is 4.09. The lowest BCUT2D eigenvalue weighted by atomic mass is 9.99. The summed E-state index contributed by atoms with van der Waals surface area (Å²) in [6.45, 7) is 5.93. The number of hydroxylamine groups is 2. The third kappa shape index (κ3) is 3.72. The third-order valence-corrected chi connectivity index (χ3v) is 7.36. The molecule has 1 aromatic carbocycles. The van der Waals surface area contributed by atoms with Gasteiger partial charge in [0.2, 0.25) is 0 Å². The van der Waals surface area contributed by atoms with Crippen LogP contribution >= 0.6 is 22.9 Å². The summed E-state index contributed by atoms with van der Waals surface area (Å²) >= 11 is 7.72. The summed E-state index contributed by atoms with van der Waals surface area (Å²) < 4.78 is 1.91. The topological polar surface area (TPSA) is 107 Å². The minimum Gasteiger partial charge on any atom is -0.330 e. The summed E-state index contributed by atoms with van der Waals surface area (Å²) in [4.78, 5) is 47.8. The van der Waals surface area contributed by atoms with Gasteiger partial charge in [-0.25, -0.2) is 4.79 Å². The lowest BCUT2D eigenvalue weighted by Crippen LogP contribution is -2.32. The molecule has 2 aliphatic rings. The first-order valence-electron chi connectivity index (χ1n) is 10.7. The minimum absolute atomic E-state index is 0.0285. The summed E-state index contributed by atoms with van der Waals surface area (Å²) in [5.41, 5.74) is 3.55.